The molecule has 0 aliphatic heterocycles. The third-order valence-corrected chi connectivity index (χ3v) is 3.61. The van der Waals surface area contributed by atoms with Crippen molar-refractivity contribution in [2.45, 2.75) is 13.5 Å². The lowest BCUT2D eigenvalue weighted by Crippen LogP contribution is -2.36. The molecule has 1 aromatic heterocycles. The smallest absolute Gasteiger partial charge is 0.323 e. The minimum atomic E-state index is -0.340. The summed E-state index contributed by atoms with van der Waals surface area (Å²) >= 11 is 3.45. The van der Waals surface area contributed by atoms with Gasteiger partial charge in [0.2, 0.25) is 0 Å². The fourth-order valence-electron chi connectivity index (χ4n) is 1.82. The predicted molar refractivity (Wildman–Crippen MR) is 81.9 cm³/mol. The summed E-state index contributed by atoms with van der Waals surface area (Å²) < 4.78 is 5.82. The molecule has 0 aliphatic carbocycles. The van der Waals surface area contributed by atoms with Crippen molar-refractivity contribution < 1.29 is 14.4 Å². The molecule has 0 radical (unpaired) electrons. The topological polar surface area (TPSA) is 78.6 Å². The standard InChI is InChI=1S/C14H16BrN3O3/c1-10-8-13(17-21-10)16-14(20)18(6-7-19)9-11-4-2-3-5-12(11)15/h2-5,8,19H,6-7,9H2,1H3,(H,16,17,20). The Morgan fingerprint density at radius 2 is 2.24 bits per heavy atom. The summed E-state index contributed by atoms with van der Waals surface area (Å²) in [5, 5.41) is 15.5. The average Bonchev–Trinajstić information content (AvgIpc) is 2.86. The summed E-state index contributed by atoms with van der Waals surface area (Å²) in [4.78, 5) is 13.7. The second-order valence-electron chi connectivity index (χ2n) is 4.49. The van der Waals surface area contributed by atoms with Crippen molar-refractivity contribution in [1.29, 1.82) is 0 Å². The predicted octanol–water partition coefficient (Wildman–Crippen LogP) is 2.77. The van der Waals surface area contributed by atoms with Gasteiger partial charge in [0.1, 0.15) is 5.76 Å². The normalized spacial score (nSPS) is 10.4. The van der Waals surface area contributed by atoms with Gasteiger partial charge in [-0.2, -0.15) is 0 Å². The van der Waals surface area contributed by atoms with Crippen molar-refractivity contribution in [2.75, 3.05) is 18.5 Å². The van der Waals surface area contributed by atoms with Gasteiger partial charge >= 0.3 is 6.03 Å². The van der Waals surface area contributed by atoms with Crippen molar-refractivity contribution >= 4 is 27.8 Å². The highest BCUT2D eigenvalue weighted by molar-refractivity contribution is 9.10. The van der Waals surface area contributed by atoms with E-state index < -0.39 is 0 Å². The molecule has 1 aromatic carbocycles. The van der Waals surface area contributed by atoms with Crippen LogP contribution in [0.4, 0.5) is 10.6 Å². The first kappa shape index (κ1) is 15.5. The molecule has 2 amide bonds. The highest BCUT2D eigenvalue weighted by atomic mass is 79.9. The van der Waals surface area contributed by atoms with Crippen LogP contribution >= 0.6 is 15.9 Å². The number of nitrogens with one attached hydrogen (secondary N) is 1. The van der Waals surface area contributed by atoms with Crippen LogP contribution in [-0.4, -0.2) is 34.3 Å². The number of hydrogen-bond acceptors (Lipinski definition) is 4. The van der Waals surface area contributed by atoms with Gasteiger partial charge in [0.15, 0.2) is 5.82 Å². The maximum absolute atomic E-state index is 12.2. The summed E-state index contributed by atoms with van der Waals surface area (Å²) in [5.41, 5.74) is 0.956. The molecule has 0 bridgehead atoms. The van der Waals surface area contributed by atoms with Gasteiger partial charge in [-0.25, -0.2) is 4.79 Å². The van der Waals surface area contributed by atoms with Crippen LogP contribution < -0.4 is 5.32 Å². The van der Waals surface area contributed by atoms with Crippen LogP contribution in [0.25, 0.3) is 0 Å². The van der Waals surface area contributed by atoms with Crippen LogP contribution in [0.15, 0.2) is 39.3 Å². The monoisotopic (exact) mass is 353 g/mol. The highest BCUT2D eigenvalue weighted by Crippen LogP contribution is 2.18. The Labute approximate surface area is 130 Å². The van der Waals surface area contributed by atoms with E-state index in [0.717, 1.165) is 10.0 Å². The number of nitrogens with zero attached hydrogens (tertiary/aromatic N) is 2. The summed E-state index contributed by atoms with van der Waals surface area (Å²) in [5.74, 6) is 0.970. The Morgan fingerprint density at radius 3 is 2.86 bits per heavy atom. The second-order valence-corrected chi connectivity index (χ2v) is 5.34. The van der Waals surface area contributed by atoms with Crippen LogP contribution in [-0.2, 0) is 6.54 Å². The number of hydrogen-bond donors (Lipinski definition) is 2. The fraction of sp³-hybridized carbons (Fsp3) is 0.286. The molecule has 2 aromatic rings. The molecule has 0 saturated heterocycles. The molecule has 0 aliphatic rings. The Balaban J connectivity index is 2.07. The molecular formula is C14H16BrN3O3. The number of aliphatic hydroxyl groups is 1. The van der Waals surface area contributed by atoms with Gasteiger partial charge < -0.3 is 14.5 Å². The number of aromatic nitrogens is 1. The van der Waals surface area contributed by atoms with E-state index in [9.17, 15) is 4.79 Å². The minimum absolute atomic E-state index is 0.115. The number of amides is 2. The molecule has 0 spiro atoms. The Bertz CT molecular complexity index is 615. The number of anilines is 1. The first-order valence-corrected chi connectivity index (χ1v) is 7.23. The van der Waals surface area contributed by atoms with E-state index in [4.69, 9.17) is 9.63 Å². The third-order valence-electron chi connectivity index (χ3n) is 2.84. The van der Waals surface area contributed by atoms with E-state index in [1.165, 1.54) is 4.90 Å². The number of carbonyl (C=O) groups excluding carboxylic acids is 1. The highest BCUT2D eigenvalue weighted by Gasteiger charge is 2.16. The van der Waals surface area contributed by atoms with Gasteiger partial charge in [0.25, 0.3) is 0 Å². The maximum Gasteiger partial charge on any atom is 0.323 e. The molecule has 1 heterocycles. The number of halogens is 1. The van der Waals surface area contributed by atoms with E-state index in [-0.39, 0.29) is 19.2 Å². The van der Waals surface area contributed by atoms with Crippen molar-refractivity contribution in [3.05, 3.63) is 46.1 Å². The van der Waals surface area contributed by atoms with E-state index in [0.29, 0.717) is 18.1 Å². The largest absolute Gasteiger partial charge is 0.395 e. The first-order valence-electron chi connectivity index (χ1n) is 6.43. The molecular weight excluding hydrogens is 338 g/mol. The van der Waals surface area contributed by atoms with Gasteiger partial charge in [-0.1, -0.05) is 39.3 Å². The minimum Gasteiger partial charge on any atom is -0.395 e. The summed E-state index contributed by atoms with van der Waals surface area (Å²) in [6.45, 7) is 2.24. The molecule has 2 rings (SSSR count). The number of urea groups is 1. The van der Waals surface area contributed by atoms with Crippen molar-refractivity contribution in [1.82, 2.24) is 10.1 Å². The fourth-order valence-corrected chi connectivity index (χ4v) is 2.23. The number of aryl methyl sites for hydroxylation is 1. The van der Waals surface area contributed by atoms with Crippen LogP contribution in [0.2, 0.25) is 0 Å². The zero-order valence-electron chi connectivity index (χ0n) is 11.5. The molecule has 6 nitrogen and oxygen atoms in total. The maximum atomic E-state index is 12.2. The van der Waals surface area contributed by atoms with Gasteiger partial charge in [-0.15, -0.1) is 0 Å². The number of carbonyl (C=O) groups is 1. The number of rotatable bonds is 5. The lowest BCUT2D eigenvalue weighted by atomic mass is 10.2. The van der Waals surface area contributed by atoms with Crippen molar-refractivity contribution in [2.24, 2.45) is 0 Å². The molecule has 112 valence electrons. The molecule has 0 fully saturated rings. The Hall–Kier alpha value is -1.86. The van der Waals surface area contributed by atoms with E-state index in [1.807, 2.05) is 24.3 Å². The molecule has 7 heteroatoms. The number of benzene rings is 1. The van der Waals surface area contributed by atoms with Gasteiger partial charge in [0.05, 0.1) is 6.61 Å². The first-order chi connectivity index (χ1) is 10.1. The molecule has 21 heavy (non-hydrogen) atoms. The van der Waals surface area contributed by atoms with Gasteiger partial charge in [0, 0.05) is 23.6 Å². The number of aliphatic hydroxyl groups excluding tert-OH is 1. The van der Waals surface area contributed by atoms with E-state index >= 15 is 0 Å². The molecule has 0 saturated carbocycles. The van der Waals surface area contributed by atoms with Crippen LogP contribution in [0, 0.1) is 6.92 Å². The molecule has 0 atom stereocenters. The average molecular weight is 354 g/mol. The van der Waals surface area contributed by atoms with Crippen molar-refractivity contribution in [3.63, 3.8) is 0 Å². The Morgan fingerprint density at radius 1 is 1.48 bits per heavy atom. The van der Waals surface area contributed by atoms with E-state index in [2.05, 4.69) is 26.4 Å². The van der Waals surface area contributed by atoms with Gasteiger partial charge in [-0.3, -0.25) is 5.32 Å². The van der Waals surface area contributed by atoms with Crippen LogP contribution in [0.3, 0.4) is 0 Å². The van der Waals surface area contributed by atoms with Gasteiger partial charge in [-0.05, 0) is 18.6 Å². The Kier molecular flexibility index (Phi) is 5.35. The molecule has 2 N–H and O–H groups in total. The zero-order valence-corrected chi connectivity index (χ0v) is 13.1. The second kappa shape index (κ2) is 7.24. The quantitative estimate of drug-likeness (QED) is 0.866. The third kappa shape index (κ3) is 4.30. The van der Waals surface area contributed by atoms with E-state index in [1.54, 1.807) is 13.0 Å². The lowest BCUT2D eigenvalue weighted by Gasteiger charge is -2.22. The van der Waals surface area contributed by atoms with Crippen LogP contribution in [0.5, 0.6) is 0 Å². The SMILES string of the molecule is Cc1cc(NC(=O)N(CCO)Cc2ccccc2Br)no1. The van der Waals surface area contributed by atoms with Crippen molar-refractivity contribution in [3.8, 4) is 0 Å². The summed E-state index contributed by atoms with van der Waals surface area (Å²) in [6.07, 6.45) is 0. The summed E-state index contributed by atoms with van der Waals surface area (Å²) in [7, 11) is 0. The van der Waals surface area contributed by atoms with Crippen LogP contribution in [0.1, 0.15) is 11.3 Å². The zero-order chi connectivity index (χ0) is 15.2. The lowest BCUT2D eigenvalue weighted by molar-refractivity contribution is 0.185. The molecule has 0 unspecified atom stereocenters. The summed E-state index contributed by atoms with van der Waals surface area (Å²) in [6, 6.07) is 8.92.